The average molecular weight is 617 g/mol. The Morgan fingerprint density at radius 2 is 1.10 bits per heavy atom. The summed E-state index contributed by atoms with van der Waals surface area (Å²) in [5.41, 5.74) is 10.7. The van der Waals surface area contributed by atoms with Gasteiger partial charge in [0.05, 0.1) is 28.4 Å². The van der Waals surface area contributed by atoms with E-state index in [0.717, 1.165) is 66.9 Å². The Morgan fingerprint density at radius 1 is 0.521 bits per heavy atom. The molecule has 48 heavy (non-hydrogen) atoms. The molecule has 0 spiro atoms. The second-order valence-electron chi connectivity index (χ2n) is 12.3. The van der Waals surface area contributed by atoms with E-state index in [4.69, 9.17) is 9.98 Å². The molecule has 5 aromatic rings. The van der Waals surface area contributed by atoms with Crippen LogP contribution >= 0.6 is 0 Å². The molecular formula is C44H32N4. The second-order valence-corrected chi connectivity index (χ2v) is 12.3. The van der Waals surface area contributed by atoms with Gasteiger partial charge in [-0.3, -0.25) is 5.32 Å². The Labute approximate surface area is 279 Å². The van der Waals surface area contributed by atoms with Crippen LogP contribution in [0.25, 0.3) is 16.7 Å². The van der Waals surface area contributed by atoms with Crippen LogP contribution in [0.2, 0.25) is 0 Å². The lowest BCUT2D eigenvalue weighted by Gasteiger charge is -2.33. The number of fused-ring (bicyclic) bond motifs is 6. The van der Waals surface area contributed by atoms with Gasteiger partial charge in [-0.2, -0.15) is 0 Å². The van der Waals surface area contributed by atoms with Crippen molar-refractivity contribution in [3.8, 4) is 0 Å². The molecule has 4 aliphatic rings. The normalized spacial score (nSPS) is 21.1. The molecule has 4 aliphatic heterocycles. The van der Waals surface area contributed by atoms with Crippen LogP contribution in [0.3, 0.4) is 0 Å². The highest BCUT2D eigenvalue weighted by molar-refractivity contribution is 6.34. The van der Waals surface area contributed by atoms with Crippen LogP contribution in [0.4, 0.5) is 0 Å². The number of aromatic nitrogens is 1. The van der Waals surface area contributed by atoms with Crippen molar-refractivity contribution in [3.05, 3.63) is 220 Å². The van der Waals surface area contributed by atoms with E-state index >= 15 is 0 Å². The highest BCUT2D eigenvalue weighted by Crippen LogP contribution is 2.40. The maximum atomic E-state index is 5.33. The molecule has 8 bridgehead atoms. The van der Waals surface area contributed by atoms with Gasteiger partial charge in [-0.15, -0.1) is 0 Å². The van der Waals surface area contributed by atoms with Gasteiger partial charge in [-0.1, -0.05) is 133 Å². The van der Waals surface area contributed by atoms with Gasteiger partial charge in [-0.25, -0.2) is 9.98 Å². The van der Waals surface area contributed by atoms with Gasteiger partial charge in [0, 0.05) is 33.5 Å². The topological polar surface area (TPSA) is 52.5 Å². The first-order valence-corrected chi connectivity index (χ1v) is 16.4. The number of nitrogens with one attached hydrogen (secondary N) is 2. The zero-order chi connectivity index (χ0) is 31.9. The maximum absolute atomic E-state index is 5.33. The predicted molar refractivity (Wildman–Crippen MR) is 197 cm³/mol. The van der Waals surface area contributed by atoms with Gasteiger partial charge < -0.3 is 4.98 Å². The van der Waals surface area contributed by atoms with Crippen molar-refractivity contribution >= 4 is 28.1 Å². The quantitative estimate of drug-likeness (QED) is 0.207. The van der Waals surface area contributed by atoms with Crippen molar-refractivity contribution in [1.29, 1.82) is 0 Å². The smallest absolute Gasteiger partial charge is 0.0911 e. The summed E-state index contributed by atoms with van der Waals surface area (Å²) < 4.78 is 0. The van der Waals surface area contributed by atoms with Crippen LogP contribution in [-0.4, -0.2) is 22.4 Å². The van der Waals surface area contributed by atoms with Crippen LogP contribution in [0.5, 0.6) is 0 Å². The molecule has 2 unspecified atom stereocenters. The number of aliphatic imine (C=N–C) groups is 2. The minimum absolute atomic E-state index is 0.0516. The number of aromatic amines is 1. The Kier molecular flexibility index (Phi) is 6.81. The van der Waals surface area contributed by atoms with Gasteiger partial charge in [0.15, 0.2) is 0 Å². The van der Waals surface area contributed by atoms with Crippen molar-refractivity contribution < 1.29 is 0 Å². The van der Waals surface area contributed by atoms with Crippen LogP contribution in [0.15, 0.2) is 197 Å². The van der Waals surface area contributed by atoms with E-state index in [2.05, 4.69) is 180 Å². The highest BCUT2D eigenvalue weighted by Gasteiger charge is 2.40. The fourth-order valence-electron chi connectivity index (χ4n) is 7.28. The molecule has 0 aliphatic carbocycles. The summed E-state index contributed by atoms with van der Waals surface area (Å²) in [6.45, 7) is 0. The number of H-pyrrole nitrogens is 1. The van der Waals surface area contributed by atoms with Crippen molar-refractivity contribution in [3.63, 3.8) is 0 Å². The molecule has 9 rings (SSSR count). The summed E-state index contributed by atoms with van der Waals surface area (Å²) in [5.74, 6) is 0. The predicted octanol–water partition coefficient (Wildman–Crippen LogP) is 7.17. The Balaban J connectivity index is 1.40. The van der Waals surface area contributed by atoms with Crippen LogP contribution in [-0.2, 0) is 5.54 Å². The van der Waals surface area contributed by atoms with Gasteiger partial charge in [0.2, 0.25) is 0 Å². The first-order chi connectivity index (χ1) is 23.7. The number of rotatable bonds is 4. The standard InChI is InChI=1S/C44H32N4/c1-5-13-30(14-6-1)41-36-22-21-34(45-36)29-35-27-28-44(48-35,33-19-11-4-12-20-33)43(32-17-9-3-10-18-32)40-26-25-39(47-40)42(31-15-7-2-8-16-31)38-24-23-37(41)46-38/h1-29,35,47-48H. The first-order valence-electron chi connectivity index (χ1n) is 16.4. The molecule has 4 nitrogen and oxygen atoms in total. The molecule has 0 amide bonds. The van der Waals surface area contributed by atoms with E-state index in [-0.39, 0.29) is 6.04 Å². The number of allylic oxidation sites excluding steroid dienone is 5. The van der Waals surface area contributed by atoms with E-state index in [1.807, 2.05) is 6.07 Å². The van der Waals surface area contributed by atoms with Crippen LogP contribution in [0.1, 0.15) is 22.3 Å². The van der Waals surface area contributed by atoms with Crippen molar-refractivity contribution in [2.75, 3.05) is 0 Å². The summed E-state index contributed by atoms with van der Waals surface area (Å²) >= 11 is 0. The van der Waals surface area contributed by atoms with Crippen molar-refractivity contribution in [2.45, 2.75) is 11.6 Å². The fraction of sp³-hybridized carbons (Fsp3) is 0.0455. The van der Waals surface area contributed by atoms with Crippen molar-refractivity contribution in [1.82, 2.24) is 10.3 Å². The van der Waals surface area contributed by atoms with E-state index in [1.54, 1.807) is 0 Å². The summed E-state index contributed by atoms with van der Waals surface area (Å²) in [5, 5.41) is 6.09. The molecule has 0 saturated heterocycles. The maximum Gasteiger partial charge on any atom is 0.0911 e. The van der Waals surface area contributed by atoms with Gasteiger partial charge in [0.1, 0.15) is 0 Å². The molecule has 0 radical (unpaired) electrons. The lowest BCUT2D eigenvalue weighted by molar-refractivity contribution is 0.544. The third-order valence-corrected chi connectivity index (χ3v) is 9.40. The van der Waals surface area contributed by atoms with Crippen LogP contribution in [0, 0.1) is 0 Å². The SMILES string of the molecule is C1=CC2=NC1=CC1C=CC(c3ccccc3)(N1)C(c1ccccc1)=c1ccc([nH]1)=C(c1ccccc1)C1=NC(=C2c2ccccc2)C=C1. The third-order valence-electron chi connectivity index (χ3n) is 9.40. The molecule has 0 saturated carbocycles. The fourth-order valence-corrected chi connectivity index (χ4v) is 7.28. The third kappa shape index (κ3) is 4.82. The van der Waals surface area contributed by atoms with E-state index in [9.17, 15) is 0 Å². The first kappa shape index (κ1) is 28.1. The second kappa shape index (κ2) is 11.6. The minimum Gasteiger partial charge on any atom is -0.355 e. The molecule has 0 fully saturated rings. The summed E-state index contributed by atoms with van der Waals surface area (Å²) in [6, 6.07) is 46.8. The minimum atomic E-state index is -0.613. The molecule has 228 valence electrons. The molecule has 5 heterocycles. The Hall–Kier alpha value is -6.10. The molecule has 1 aromatic heterocycles. The molecule has 2 N–H and O–H groups in total. The number of hydrogen-bond acceptors (Lipinski definition) is 3. The summed E-state index contributed by atoms with van der Waals surface area (Å²) in [4.78, 5) is 14.4. The summed E-state index contributed by atoms with van der Waals surface area (Å²) in [6.07, 6.45) is 15.3. The highest BCUT2D eigenvalue weighted by atomic mass is 15.0. The molecule has 4 heteroatoms. The van der Waals surface area contributed by atoms with E-state index in [0.29, 0.717) is 0 Å². The number of benzene rings is 4. The average Bonchev–Trinajstić information content (AvgIpc) is 3.97. The van der Waals surface area contributed by atoms with Gasteiger partial charge in [-0.05, 0) is 64.8 Å². The van der Waals surface area contributed by atoms with Gasteiger partial charge >= 0.3 is 0 Å². The zero-order valence-corrected chi connectivity index (χ0v) is 26.2. The number of nitrogens with zero attached hydrogens (tertiary/aromatic N) is 2. The Morgan fingerprint density at radius 3 is 1.81 bits per heavy atom. The van der Waals surface area contributed by atoms with Gasteiger partial charge in [0.25, 0.3) is 0 Å². The lowest BCUT2D eigenvalue weighted by atomic mass is 9.79. The van der Waals surface area contributed by atoms with Crippen molar-refractivity contribution in [2.24, 2.45) is 9.98 Å². The van der Waals surface area contributed by atoms with Crippen LogP contribution < -0.4 is 16.0 Å². The summed E-state index contributed by atoms with van der Waals surface area (Å²) in [7, 11) is 0. The zero-order valence-electron chi connectivity index (χ0n) is 26.2. The Bertz CT molecular complexity index is 2390. The number of hydrogen-bond donors (Lipinski definition) is 2. The monoisotopic (exact) mass is 616 g/mol. The largest absolute Gasteiger partial charge is 0.355 e. The molecule has 4 aromatic carbocycles. The molecule has 2 atom stereocenters. The lowest BCUT2D eigenvalue weighted by Crippen LogP contribution is -2.44. The van der Waals surface area contributed by atoms with E-state index in [1.165, 1.54) is 5.56 Å². The molecular weight excluding hydrogens is 585 g/mol. The van der Waals surface area contributed by atoms with E-state index < -0.39 is 5.54 Å².